The quantitative estimate of drug-likeness (QED) is 0.667. The van der Waals surface area contributed by atoms with Crippen LogP contribution in [0.25, 0.3) is 0 Å². The van der Waals surface area contributed by atoms with E-state index in [1.165, 1.54) is 4.68 Å². The molecule has 8 nitrogen and oxygen atoms in total. The summed E-state index contributed by atoms with van der Waals surface area (Å²) in [6, 6.07) is 3.41. The Morgan fingerprint density at radius 3 is 2.82 bits per heavy atom. The summed E-state index contributed by atoms with van der Waals surface area (Å²) in [5.74, 6) is -0.0299. The Balaban J connectivity index is 2.24. The van der Waals surface area contributed by atoms with Gasteiger partial charge in [0, 0.05) is 27.2 Å². The van der Waals surface area contributed by atoms with Gasteiger partial charge in [-0.15, -0.1) is 0 Å². The molecule has 2 aromatic heterocycles. The van der Waals surface area contributed by atoms with Gasteiger partial charge in [-0.25, -0.2) is 4.98 Å². The Morgan fingerprint density at radius 1 is 1.53 bits per heavy atom. The van der Waals surface area contributed by atoms with E-state index >= 15 is 0 Å². The number of hydrogen-bond donors (Lipinski definition) is 1. The van der Waals surface area contributed by atoms with Crippen LogP contribution < -0.4 is 5.73 Å². The lowest BCUT2D eigenvalue weighted by atomic mass is 10.3. The summed E-state index contributed by atoms with van der Waals surface area (Å²) in [6.45, 7) is 0.328. The Morgan fingerprint density at radius 2 is 2.29 bits per heavy atom. The number of halogens is 1. The second kappa shape index (κ2) is 4.45. The van der Waals surface area contributed by atoms with Crippen molar-refractivity contribution in [2.24, 2.45) is 0 Å². The predicted octanol–water partition coefficient (Wildman–Crippen LogP) is 0.974. The van der Waals surface area contributed by atoms with E-state index in [1.807, 2.05) is 0 Å². The van der Waals surface area contributed by atoms with Crippen molar-refractivity contribution >= 4 is 27.7 Å². The third kappa shape index (κ3) is 2.56. The Hall–Kier alpha value is -2.03. The summed E-state index contributed by atoms with van der Waals surface area (Å²) < 4.78 is 1.66. The van der Waals surface area contributed by atoms with E-state index in [0.29, 0.717) is 17.1 Å². The minimum Gasteiger partial charge on any atom is -0.390 e. The second-order valence-corrected chi connectivity index (χ2v) is 3.90. The summed E-state index contributed by atoms with van der Waals surface area (Å²) in [7, 11) is 0. The van der Waals surface area contributed by atoms with Crippen molar-refractivity contribution in [3.8, 4) is 0 Å². The largest absolute Gasteiger partial charge is 0.492 e. The molecule has 0 atom stereocenters. The van der Waals surface area contributed by atoms with Crippen molar-refractivity contribution in [1.82, 2.24) is 19.7 Å². The molecule has 2 heterocycles. The van der Waals surface area contributed by atoms with Crippen molar-refractivity contribution < 1.29 is 4.92 Å². The van der Waals surface area contributed by atoms with Crippen LogP contribution in [0.2, 0.25) is 0 Å². The third-order valence-electron chi connectivity index (χ3n) is 1.96. The van der Waals surface area contributed by atoms with E-state index in [2.05, 4.69) is 31.0 Å². The molecule has 0 radical (unpaired) electrons. The molecular formula is C8H7BrN6O2. The van der Waals surface area contributed by atoms with Crippen molar-refractivity contribution in [2.75, 3.05) is 5.73 Å². The van der Waals surface area contributed by atoms with Gasteiger partial charge < -0.3 is 15.8 Å². The topological polar surface area (TPSA) is 113 Å². The Kier molecular flexibility index (Phi) is 3.00. The molecule has 9 heteroatoms. The zero-order chi connectivity index (χ0) is 12.4. The highest BCUT2D eigenvalue weighted by atomic mass is 79.9. The van der Waals surface area contributed by atoms with Gasteiger partial charge in [-0.3, -0.25) is 0 Å². The van der Waals surface area contributed by atoms with Gasteiger partial charge in [-0.1, -0.05) is 6.07 Å². The number of hydrogen-bond acceptors (Lipinski definition) is 6. The fourth-order valence-corrected chi connectivity index (χ4v) is 1.56. The Bertz CT molecular complexity index is 552. The molecule has 0 unspecified atom stereocenters. The number of nitrogen functional groups attached to an aromatic ring is 1. The van der Waals surface area contributed by atoms with Crippen molar-refractivity contribution in [1.29, 1.82) is 0 Å². The first-order valence-corrected chi connectivity index (χ1v) is 5.30. The van der Waals surface area contributed by atoms with Gasteiger partial charge in [0.15, 0.2) is 0 Å². The highest BCUT2D eigenvalue weighted by Gasteiger charge is 2.19. The average molecular weight is 299 g/mol. The monoisotopic (exact) mass is 298 g/mol. The number of nitrogens with two attached hydrogens (primary N) is 1. The highest BCUT2D eigenvalue weighted by molar-refractivity contribution is 9.10. The summed E-state index contributed by atoms with van der Waals surface area (Å²) in [4.78, 5) is 17.4. The van der Waals surface area contributed by atoms with Gasteiger partial charge in [0.2, 0.25) is 0 Å². The Labute approximate surface area is 104 Å². The van der Waals surface area contributed by atoms with E-state index in [1.54, 1.807) is 18.3 Å². The predicted molar refractivity (Wildman–Crippen MR) is 62.1 cm³/mol. The summed E-state index contributed by atoms with van der Waals surface area (Å²) in [6.07, 6.45) is 1.58. The van der Waals surface area contributed by atoms with Crippen LogP contribution in [-0.4, -0.2) is 24.7 Å². The van der Waals surface area contributed by atoms with Gasteiger partial charge in [0.25, 0.3) is 4.73 Å². The molecule has 0 fully saturated rings. The average Bonchev–Trinajstić information content (AvgIpc) is 2.64. The molecule has 0 saturated heterocycles. The molecule has 2 rings (SSSR count). The summed E-state index contributed by atoms with van der Waals surface area (Å²) >= 11 is 3.10. The second-order valence-electron chi connectivity index (χ2n) is 3.19. The first-order valence-electron chi connectivity index (χ1n) is 4.51. The molecule has 0 aliphatic rings. The molecule has 2 N–H and O–H groups in total. The first-order chi connectivity index (χ1) is 8.06. The fraction of sp³-hybridized carbons (Fsp3) is 0.125. The zero-order valence-corrected chi connectivity index (χ0v) is 10.0. The molecule has 0 aliphatic heterocycles. The van der Waals surface area contributed by atoms with Gasteiger partial charge in [-0.2, -0.15) is 4.68 Å². The maximum Gasteiger partial charge on any atom is 0.492 e. The van der Waals surface area contributed by atoms with Gasteiger partial charge in [0.05, 0.1) is 6.54 Å². The van der Waals surface area contributed by atoms with Crippen LogP contribution >= 0.6 is 15.9 Å². The molecule has 0 spiro atoms. The van der Waals surface area contributed by atoms with E-state index < -0.39 is 10.9 Å². The summed E-state index contributed by atoms with van der Waals surface area (Å²) in [5, 5.41) is 14.2. The lowest BCUT2D eigenvalue weighted by molar-refractivity contribution is -0.394. The standard InChI is InChI=1S/C8H7BrN6O2/c9-7-12-8(15(16)17)13-14(7)4-5-1-2-6(10)11-3-5/h1-3H,4H2,(H2,10,11). The van der Waals surface area contributed by atoms with Crippen LogP contribution in [0.1, 0.15) is 5.56 Å². The third-order valence-corrected chi connectivity index (χ3v) is 2.55. The van der Waals surface area contributed by atoms with Gasteiger partial charge >= 0.3 is 5.95 Å². The number of rotatable bonds is 3. The molecule has 0 bridgehead atoms. The molecular weight excluding hydrogens is 292 g/mol. The number of anilines is 1. The minimum absolute atomic E-state index is 0.293. The number of nitrogens with zero attached hydrogens (tertiary/aromatic N) is 5. The maximum atomic E-state index is 10.5. The van der Waals surface area contributed by atoms with Crippen molar-refractivity contribution in [3.05, 3.63) is 38.7 Å². The van der Waals surface area contributed by atoms with Crippen LogP contribution in [0.5, 0.6) is 0 Å². The van der Waals surface area contributed by atoms with Crippen LogP contribution in [-0.2, 0) is 6.54 Å². The van der Waals surface area contributed by atoms with E-state index in [4.69, 9.17) is 5.73 Å². The number of pyridine rings is 1. The van der Waals surface area contributed by atoms with Crippen LogP contribution in [0, 0.1) is 10.1 Å². The molecule has 2 aromatic rings. The molecule has 0 aromatic carbocycles. The van der Waals surface area contributed by atoms with E-state index in [0.717, 1.165) is 5.56 Å². The van der Waals surface area contributed by atoms with Crippen LogP contribution in [0.4, 0.5) is 11.8 Å². The van der Waals surface area contributed by atoms with Gasteiger partial charge in [0.1, 0.15) is 5.82 Å². The molecule has 88 valence electrons. The number of nitro groups is 1. The maximum absolute atomic E-state index is 10.5. The van der Waals surface area contributed by atoms with Gasteiger partial charge in [-0.05, 0) is 21.5 Å². The van der Waals surface area contributed by atoms with E-state index in [-0.39, 0.29) is 0 Å². The lowest BCUT2D eigenvalue weighted by Gasteiger charge is -1.98. The SMILES string of the molecule is Nc1ccc(Cn2nc([N+](=O)[O-])nc2Br)cn1. The fourth-order valence-electron chi connectivity index (χ4n) is 1.19. The van der Waals surface area contributed by atoms with Crippen molar-refractivity contribution in [2.45, 2.75) is 6.54 Å². The lowest BCUT2D eigenvalue weighted by Crippen LogP contribution is -2.03. The van der Waals surface area contributed by atoms with Crippen molar-refractivity contribution in [3.63, 3.8) is 0 Å². The minimum atomic E-state index is -0.650. The van der Waals surface area contributed by atoms with E-state index in [9.17, 15) is 10.1 Å². The molecule has 17 heavy (non-hydrogen) atoms. The molecule has 0 saturated carbocycles. The smallest absolute Gasteiger partial charge is 0.390 e. The van der Waals surface area contributed by atoms with Crippen LogP contribution in [0.15, 0.2) is 23.1 Å². The molecule has 0 amide bonds. The first kappa shape index (κ1) is 11.5. The summed E-state index contributed by atoms with van der Waals surface area (Å²) in [5.41, 5.74) is 6.27. The highest BCUT2D eigenvalue weighted by Crippen LogP contribution is 2.14. The molecule has 0 aliphatic carbocycles. The normalized spacial score (nSPS) is 10.4. The number of aromatic nitrogens is 4. The van der Waals surface area contributed by atoms with Crippen LogP contribution in [0.3, 0.4) is 0 Å². The zero-order valence-electron chi connectivity index (χ0n) is 8.45.